The van der Waals surface area contributed by atoms with Gasteiger partial charge in [-0.1, -0.05) is 60.5 Å². The molecule has 2 aromatic carbocycles. The zero-order chi connectivity index (χ0) is 32.3. The Balaban J connectivity index is 1.35. The van der Waals surface area contributed by atoms with Crippen LogP contribution in [0.4, 0.5) is 0 Å². The normalized spacial score (nSPS) is 19.3. The van der Waals surface area contributed by atoms with Gasteiger partial charge in [0.15, 0.2) is 5.69 Å². The quantitative estimate of drug-likeness (QED) is 0.194. The van der Waals surface area contributed by atoms with Crippen molar-refractivity contribution in [3.63, 3.8) is 0 Å². The minimum absolute atomic E-state index is 0.0268. The fourth-order valence-electron chi connectivity index (χ4n) is 5.98. The summed E-state index contributed by atoms with van der Waals surface area (Å²) in [6.07, 6.45) is 2.88. The van der Waals surface area contributed by atoms with Gasteiger partial charge in [0.1, 0.15) is 23.9 Å². The van der Waals surface area contributed by atoms with Gasteiger partial charge in [-0.2, -0.15) is 0 Å². The minimum atomic E-state index is -1.10. The van der Waals surface area contributed by atoms with Gasteiger partial charge >= 0.3 is 0 Å². The Kier molecular flexibility index (Phi) is 9.21. The largest absolute Gasteiger partial charge is 0.368 e. The molecular formula is C33H40N6O6. The fraction of sp³-hybridized carbons (Fsp3) is 0.455. The van der Waals surface area contributed by atoms with E-state index in [2.05, 4.69) is 26.4 Å². The van der Waals surface area contributed by atoms with E-state index in [4.69, 9.17) is 10.3 Å². The van der Waals surface area contributed by atoms with Gasteiger partial charge in [0, 0.05) is 23.9 Å². The van der Waals surface area contributed by atoms with E-state index in [-0.39, 0.29) is 30.4 Å². The average molecular weight is 617 g/mol. The molecule has 1 saturated heterocycles. The van der Waals surface area contributed by atoms with Gasteiger partial charge in [-0.25, -0.2) is 0 Å². The van der Waals surface area contributed by atoms with Crippen LogP contribution in [0.1, 0.15) is 67.8 Å². The average Bonchev–Trinajstić information content (AvgIpc) is 3.63. The first-order valence-electron chi connectivity index (χ1n) is 15.3. The van der Waals surface area contributed by atoms with Crippen molar-refractivity contribution in [2.45, 2.75) is 83.0 Å². The van der Waals surface area contributed by atoms with Crippen LogP contribution < -0.4 is 27.0 Å². The molecule has 2 fully saturated rings. The SMILES string of the molecule is Cc1cc(C(=O)N[C@@H](Cc2cccc3ccccc23)C(=O)N[C@@H](CC2CC2)C(=O)N[C@@H](C[C@@H]2CC(C)(C)NC2=O)C(N)=O)no1. The lowest BCUT2D eigenvalue weighted by molar-refractivity contribution is -0.132. The molecule has 1 aliphatic carbocycles. The summed E-state index contributed by atoms with van der Waals surface area (Å²) in [5.41, 5.74) is 6.08. The highest BCUT2D eigenvalue weighted by molar-refractivity contribution is 5.98. The highest BCUT2D eigenvalue weighted by Crippen LogP contribution is 2.34. The number of rotatable bonds is 13. The highest BCUT2D eigenvalue weighted by atomic mass is 16.5. The molecule has 45 heavy (non-hydrogen) atoms. The first kappa shape index (κ1) is 31.7. The number of nitrogens with two attached hydrogens (primary N) is 1. The summed E-state index contributed by atoms with van der Waals surface area (Å²) >= 11 is 0. The van der Waals surface area contributed by atoms with E-state index in [9.17, 15) is 24.0 Å². The van der Waals surface area contributed by atoms with E-state index >= 15 is 0 Å². The van der Waals surface area contributed by atoms with Crippen LogP contribution in [0.2, 0.25) is 0 Å². The Labute approximate surface area is 261 Å². The minimum Gasteiger partial charge on any atom is -0.368 e. The lowest BCUT2D eigenvalue weighted by Gasteiger charge is -2.25. The van der Waals surface area contributed by atoms with Crippen LogP contribution in [0.5, 0.6) is 0 Å². The van der Waals surface area contributed by atoms with Crippen molar-refractivity contribution < 1.29 is 28.5 Å². The molecule has 12 heteroatoms. The molecule has 238 valence electrons. The van der Waals surface area contributed by atoms with Gasteiger partial charge in [-0.15, -0.1) is 0 Å². The van der Waals surface area contributed by atoms with Crippen molar-refractivity contribution in [3.05, 3.63) is 65.5 Å². The van der Waals surface area contributed by atoms with Gasteiger partial charge in [0.05, 0.1) is 0 Å². The number of benzene rings is 2. The number of carbonyl (C=O) groups excluding carboxylic acids is 5. The Morgan fingerprint density at radius 1 is 0.978 bits per heavy atom. The summed E-state index contributed by atoms with van der Waals surface area (Å²) in [6.45, 7) is 5.44. The van der Waals surface area contributed by atoms with Crippen molar-refractivity contribution in [2.75, 3.05) is 0 Å². The number of primary amides is 1. The molecule has 0 bridgehead atoms. The summed E-state index contributed by atoms with van der Waals surface area (Å²) in [5.74, 6) is -2.50. The zero-order valence-electron chi connectivity index (χ0n) is 25.7. The lowest BCUT2D eigenvalue weighted by atomic mass is 9.91. The predicted molar refractivity (Wildman–Crippen MR) is 165 cm³/mol. The number of aryl methyl sites for hydroxylation is 1. The maximum absolute atomic E-state index is 13.9. The van der Waals surface area contributed by atoms with Crippen LogP contribution >= 0.6 is 0 Å². The van der Waals surface area contributed by atoms with Crippen molar-refractivity contribution >= 4 is 40.3 Å². The van der Waals surface area contributed by atoms with Crippen LogP contribution in [0, 0.1) is 18.8 Å². The number of amides is 5. The number of nitrogens with zero attached hydrogens (tertiary/aromatic N) is 1. The Morgan fingerprint density at radius 2 is 1.67 bits per heavy atom. The predicted octanol–water partition coefficient (Wildman–Crippen LogP) is 2.04. The second-order valence-electron chi connectivity index (χ2n) is 12.9. The summed E-state index contributed by atoms with van der Waals surface area (Å²) < 4.78 is 5.04. The Bertz CT molecular complexity index is 1610. The third-order valence-corrected chi connectivity index (χ3v) is 8.45. The molecular weight excluding hydrogens is 576 g/mol. The number of carbonyl (C=O) groups is 5. The number of fused-ring (bicyclic) bond motifs is 1. The third-order valence-electron chi connectivity index (χ3n) is 8.45. The molecule has 0 unspecified atom stereocenters. The molecule has 5 amide bonds. The maximum Gasteiger partial charge on any atom is 0.274 e. The van der Waals surface area contributed by atoms with Crippen LogP contribution in [0.15, 0.2) is 53.1 Å². The molecule has 6 N–H and O–H groups in total. The van der Waals surface area contributed by atoms with E-state index in [1.54, 1.807) is 6.92 Å². The maximum atomic E-state index is 13.9. The molecule has 2 heterocycles. The second-order valence-corrected chi connectivity index (χ2v) is 12.9. The fourth-order valence-corrected chi connectivity index (χ4v) is 5.98. The Morgan fingerprint density at radius 3 is 2.31 bits per heavy atom. The molecule has 1 aliphatic heterocycles. The van der Waals surface area contributed by atoms with Crippen molar-refractivity contribution in [3.8, 4) is 0 Å². The topological polar surface area (TPSA) is 186 Å². The summed E-state index contributed by atoms with van der Waals surface area (Å²) in [4.78, 5) is 65.5. The van der Waals surface area contributed by atoms with Gasteiger partial charge in [0.25, 0.3) is 5.91 Å². The molecule has 1 saturated carbocycles. The van der Waals surface area contributed by atoms with Gasteiger partial charge in [-0.3, -0.25) is 24.0 Å². The van der Waals surface area contributed by atoms with Crippen LogP contribution in [0.25, 0.3) is 10.8 Å². The summed E-state index contributed by atoms with van der Waals surface area (Å²) in [7, 11) is 0. The second kappa shape index (κ2) is 13.1. The number of hydrogen-bond donors (Lipinski definition) is 5. The van der Waals surface area contributed by atoms with E-state index in [0.29, 0.717) is 18.6 Å². The summed E-state index contributed by atoms with van der Waals surface area (Å²) in [5, 5.41) is 16.9. The number of hydrogen-bond acceptors (Lipinski definition) is 7. The van der Waals surface area contributed by atoms with Crippen molar-refractivity contribution in [1.82, 2.24) is 26.4 Å². The molecule has 0 spiro atoms. The van der Waals surface area contributed by atoms with Crippen LogP contribution in [-0.4, -0.2) is 58.4 Å². The number of aromatic nitrogens is 1. The van der Waals surface area contributed by atoms with Crippen molar-refractivity contribution in [2.24, 2.45) is 17.6 Å². The van der Waals surface area contributed by atoms with E-state index in [1.807, 2.05) is 56.3 Å². The first-order valence-corrected chi connectivity index (χ1v) is 15.3. The van der Waals surface area contributed by atoms with Crippen LogP contribution in [-0.2, 0) is 25.6 Å². The number of nitrogens with one attached hydrogen (secondary N) is 4. The molecule has 4 atom stereocenters. The van der Waals surface area contributed by atoms with E-state index < -0.39 is 53.2 Å². The molecule has 2 aliphatic rings. The molecule has 5 rings (SSSR count). The monoisotopic (exact) mass is 616 g/mol. The Hall–Kier alpha value is -4.74. The van der Waals surface area contributed by atoms with E-state index in [1.165, 1.54) is 6.07 Å². The standard InChI is InChI=1S/C33H40N6O6/c1-18-13-27(39-45-18)32(44)37-26(15-21-9-6-8-20-7-4-5-10-23(20)21)31(43)36-25(14-19-11-12-19)30(42)35-24(28(34)40)16-22-17-33(2,3)38-29(22)41/h4-10,13,19,22,24-26H,11-12,14-17H2,1-3H3,(H2,34,40)(H,35,42)(H,36,43)(H,37,44)(H,38,41)/t22-,24+,25+,26+/m1/s1. The van der Waals surface area contributed by atoms with Crippen LogP contribution in [0.3, 0.4) is 0 Å². The van der Waals surface area contributed by atoms with Gasteiger partial charge < -0.3 is 31.5 Å². The van der Waals surface area contributed by atoms with Gasteiger partial charge in [-0.05, 0) is 62.3 Å². The molecule has 3 aromatic rings. The lowest BCUT2D eigenvalue weighted by Crippen LogP contribution is -2.57. The third kappa shape index (κ3) is 8.05. The van der Waals surface area contributed by atoms with Gasteiger partial charge in [0.2, 0.25) is 23.6 Å². The molecule has 1 aromatic heterocycles. The first-order chi connectivity index (χ1) is 21.4. The highest BCUT2D eigenvalue weighted by Gasteiger charge is 2.40. The molecule has 0 radical (unpaired) electrons. The molecule has 12 nitrogen and oxygen atoms in total. The smallest absolute Gasteiger partial charge is 0.274 e. The van der Waals surface area contributed by atoms with Crippen molar-refractivity contribution in [1.29, 1.82) is 0 Å². The van der Waals surface area contributed by atoms with E-state index in [0.717, 1.165) is 29.2 Å². The zero-order valence-corrected chi connectivity index (χ0v) is 25.7. The summed E-state index contributed by atoms with van der Waals surface area (Å²) in [6, 6.07) is 11.8.